The Morgan fingerprint density at radius 2 is 1.22 bits per heavy atom. The molecule has 0 aromatic carbocycles. The van der Waals surface area contributed by atoms with E-state index in [0.29, 0.717) is 41.5 Å². The molecule has 1 saturated carbocycles. The van der Waals surface area contributed by atoms with Gasteiger partial charge in [-0.05, 0) is 77.2 Å². The maximum atomic E-state index is 11.5. The Bertz CT molecular complexity index is 828. The van der Waals surface area contributed by atoms with Crippen LogP contribution in [0.5, 0.6) is 0 Å². The summed E-state index contributed by atoms with van der Waals surface area (Å²) >= 11 is 0. The first-order chi connectivity index (χ1) is 23.4. The van der Waals surface area contributed by atoms with Crippen molar-refractivity contribution in [1.29, 1.82) is 0 Å². The Balaban J connectivity index is -0.000000176. The lowest BCUT2D eigenvalue weighted by molar-refractivity contribution is -0.142. The first kappa shape index (κ1) is 57.5. The number of hydrogen-bond acceptors (Lipinski definition) is 6. The summed E-state index contributed by atoms with van der Waals surface area (Å²) < 4.78 is 4.84. The Morgan fingerprint density at radius 1 is 0.760 bits per heavy atom. The highest BCUT2D eigenvalue weighted by Crippen LogP contribution is 2.33. The van der Waals surface area contributed by atoms with Crippen LogP contribution in [0, 0.1) is 29.6 Å². The summed E-state index contributed by atoms with van der Waals surface area (Å²) in [7, 11) is 0. The first-order valence-corrected chi connectivity index (χ1v) is 20.5. The second-order valence-corrected chi connectivity index (χ2v) is 14.3. The van der Waals surface area contributed by atoms with E-state index >= 15 is 0 Å². The predicted molar refractivity (Wildman–Crippen MR) is 220 cm³/mol. The van der Waals surface area contributed by atoms with Crippen molar-refractivity contribution in [2.45, 2.75) is 213 Å². The molecule has 6 heteroatoms. The summed E-state index contributed by atoms with van der Waals surface area (Å²) in [6.45, 7) is 35.2. The van der Waals surface area contributed by atoms with E-state index in [0.717, 1.165) is 38.5 Å². The third-order valence-corrected chi connectivity index (χ3v) is 9.33. The molecule has 1 rings (SSSR count). The highest BCUT2D eigenvalue weighted by molar-refractivity contribution is 5.95. The van der Waals surface area contributed by atoms with Gasteiger partial charge in [-0.1, -0.05) is 147 Å². The fourth-order valence-electron chi connectivity index (χ4n) is 5.36. The fourth-order valence-corrected chi connectivity index (χ4v) is 5.36. The number of Topliss-reactive ketones (excluding diaryl/α,β-unsaturated/α-hetero) is 3. The van der Waals surface area contributed by atoms with Crippen molar-refractivity contribution in [2.75, 3.05) is 6.61 Å². The van der Waals surface area contributed by atoms with E-state index in [4.69, 9.17) is 10.5 Å². The molecule has 6 nitrogen and oxygen atoms in total. The summed E-state index contributed by atoms with van der Waals surface area (Å²) in [4.78, 5) is 44.0. The van der Waals surface area contributed by atoms with Crippen LogP contribution >= 0.6 is 0 Å². The number of carbonyl (C=O) groups is 4. The number of esters is 1. The van der Waals surface area contributed by atoms with E-state index in [1.165, 1.54) is 64.7 Å². The zero-order chi connectivity index (χ0) is 40.3. The molecule has 0 radical (unpaired) electrons. The van der Waals surface area contributed by atoms with Gasteiger partial charge in [0.05, 0.1) is 0 Å². The van der Waals surface area contributed by atoms with E-state index < -0.39 is 0 Å². The van der Waals surface area contributed by atoms with Gasteiger partial charge in [-0.3, -0.25) is 19.2 Å². The smallest absolute Gasteiger partial charge is 0.302 e. The lowest BCUT2D eigenvalue weighted by Crippen LogP contribution is -2.41. The number of rotatable bonds is 18. The molecule has 0 aliphatic heterocycles. The number of ether oxygens (including phenoxy) is 1. The minimum absolute atomic E-state index is 0.137. The van der Waals surface area contributed by atoms with Crippen LogP contribution in [0.1, 0.15) is 207 Å². The Kier molecular flexibility index (Phi) is 44.2. The fraction of sp³-hybridized carbons (Fsp3) is 0.864. The van der Waals surface area contributed by atoms with Crippen LogP contribution in [-0.2, 0) is 23.9 Å². The summed E-state index contributed by atoms with van der Waals surface area (Å²) in [6.07, 6.45) is 17.8. The SMILES string of the molecule is C=C(C)C(=O)C(C)C(C)CC.CC.CC.CCCCC(C(C)=O)C1CCCCC1.CCCCC(C)(N)COC(C)=O.CCCCC(C)C(C)=O. The predicted octanol–water partition coefficient (Wildman–Crippen LogP) is 12.7. The molecular weight excluding hydrogens is 622 g/mol. The highest BCUT2D eigenvalue weighted by atomic mass is 16.5. The van der Waals surface area contributed by atoms with Gasteiger partial charge >= 0.3 is 5.97 Å². The number of hydrogen-bond donors (Lipinski definition) is 1. The third-order valence-electron chi connectivity index (χ3n) is 9.33. The third kappa shape index (κ3) is 36.0. The average molecular weight is 712 g/mol. The van der Waals surface area contributed by atoms with Crippen molar-refractivity contribution in [2.24, 2.45) is 35.3 Å². The molecule has 0 heterocycles. The van der Waals surface area contributed by atoms with Gasteiger partial charge in [0.2, 0.25) is 0 Å². The first-order valence-electron chi connectivity index (χ1n) is 20.5. The van der Waals surface area contributed by atoms with Crippen molar-refractivity contribution >= 4 is 23.3 Å². The molecule has 1 aliphatic rings. The lowest BCUT2D eigenvalue weighted by Gasteiger charge is -2.28. The van der Waals surface area contributed by atoms with E-state index in [1.807, 2.05) is 48.5 Å². The number of unbranched alkanes of at least 4 members (excludes halogenated alkanes) is 3. The Morgan fingerprint density at radius 3 is 1.58 bits per heavy atom. The van der Waals surface area contributed by atoms with Crippen LogP contribution < -0.4 is 5.73 Å². The van der Waals surface area contributed by atoms with Gasteiger partial charge < -0.3 is 10.5 Å². The zero-order valence-electron chi connectivity index (χ0n) is 36.5. The Labute approximate surface area is 313 Å². The quantitative estimate of drug-likeness (QED) is 0.112. The molecule has 300 valence electrons. The van der Waals surface area contributed by atoms with Crippen molar-refractivity contribution < 1.29 is 23.9 Å². The molecule has 1 aliphatic carbocycles. The van der Waals surface area contributed by atoms with E-state index in [9.17, 15) is 19.2 Å². The van der Waals surface area contributed by atoms with Gasteiger partial charge in [0, 0.05) is 30.2 Å². The van der Waals surface area contributed by atoms with Gasteiger partial charge in [0.1, 0.15) is 18.2 Å². The van der Waals surface area contributed by atoms with Crippen LogP contribution in [0.2, 0.25) is 0 Å². The molecule has 0 saturated heterocycles. The zero-order valence-corrected chi connectivity index (χ0v) is 36.5. The molecule has 0 amide bonds. The minimum Gasteiger partial charge on any atom is -0.464 e. The van der Waals surface area contributed by atoms with Crippen LogP contribution in [0.4, 0.5) is 0 Å². The normalized spacial score (nSPS) is 15.5. The van der Waals surface area contributed by atoms with Crippen LogP contribution in [-0.4, -0.2) is 35.5 Å². The molecule has 0 aromatic heterocycles. The number of nitrogens with two attached hydrogens (primary N) is 1. The minimum atomic E-state index is -0.359. The maximum absolute atomic E-state index is 11.5. The van der Waals surface area contributed by atoms with Gasteiger partial charge in [-0.2, -0.15) is 0 Å². The maximum Gasteiger partial charge on any atom is 0.302 e. The molecule has 2 N–H and O–H groups in total. The summed E-state index contributed by atoms with van der Waals surface area (Å²) in [5, 5.41) is 0. The molecule has 0 spiro atoms. The molecule has 5 atom stereocenters. The number of allylic oxidation sites excluding steroid dienone is 1. The topological polar surface area (TPSA) is 104 Å². The largest absolute Gasteiger partial charge is 0.464 e. The Hall–Kier alpha value is -1.82. The standard InChI is InChI=1S/C13H24O.C10H18O.C9H19NO2.C8H16O.2C2H6/c1-3-4-10-13(11(2)14)12-8-6-5-7-9-12;1-6-8(4)9(5)10(11)7(2)3;1-4-5-6-9(3,10)7-12-8(2)11;1-4-5-6-7(2)8(3)9;2*1-2/h12-13H,3-10H2,1-2H3;8-9H,2,6H2,1,3-5H3;4-7,10H2,1-3H3;7H,4-6H2,1-3H3;2*1-2H3. The van der Waals surface area contributed by atoms with Gasteiger partial charge in [-0.15, -0.1) is 0 Å². The lowest BCUT2D eigenvalue weighted by atomic mass is 9.76. The summed E-state index contributed by atoms with van der Waals surface area (Å²) in [6, 6.07) is 0. The molecule has 5 unspecified atom stereocenters. The van der Waals surface area contributed by atoms with E-state index in [-0.39, 0.29) is 29.1 Å². The number of ketones is 3. The molecular formula is C44H89NO5. The second-order valence-electron chi connectivity index (χ2n) is 14.3. The average Bonchev–Trinajstić information content (AvgIpc) is 3.10. The van der Waals surface area contributed by atoms with Crippen LogP contribution in [0.25, 0.3) is 0 Å². The van der Waals surface area contributed by atoms with Gasteiger partial charge in [0.15, 0.2) is 5.78 Å². The van der Waals surface area contributed by atoms with Crippen molar-refractivity contribution in [3.63, 3.8) is 0 Å². The molecule has 50 heavy (non-hydrogen) atoms. The second kappa shape index (κ2) is 38.4. The van der Waals surface area contributed by atoms with Crippen molar-refractivity contribution in [3.8, 4) is 0 Å². The highest BCUT2D eigenvalue weighted by Gasteiger charge is 2.26. The summed E-state index contributed by atoms with van der Waals surface area (Å²) in [5.41, 5.74) is 6.19. The number of carbonyl (C=O) groups excluding carboxylic acids is 4. The molecule has 0 bridgehead atoms. The van der Waals surface area contributed by atoms with E-state index in [2.05, 4.69) is 41.2 Å². The molecule has 0 aromatic rings. The van der Waals surface area contributed by atoms with Gasteiger partial charge in [0.25, 0.3) is 0 Å². The van der Waals surface area contributed by atoms with Crippen LogP contribution in [0.3, 0.4) is 0 Å². The van der Waals surface area contributed by atoms with E-state index in [1.54, 1.807) is 20.8 Å². The van der Waals surface area contributed by atoms with Crippen molar-refractivity contribution in [1.82, 2.24) is 0 Å². The molecule has 1 fully saturated rings. The van der Waals surface area contributed by atoms with Gasteiger partial charge in [-0.25, -0.2) is 0 Å². The monoisotopic (exact) mass is 712 g/mol. The van der Waals surface area contributed by atoms with Crippen LogP contribution in [0.15, 0.2) is 12.2 Å². The summed E-state index contributed by atoms with van der Waals surface area (Å²) in [5.74, 6) is 2.70. The van der Waals surface area contributed by atoms with Crippen molar-refractivity contribution in [3.05, 3.63) is 12.2 Å².